The molecule has 0 spiro atoms. The number of anilines is 1. The average Bonchev–Trinajstić information content (AvgIpc) is 2.57. The molecule has 0 radical (unpaired) electrons. The van der Waals surface area contributed by atoms with E-state index in [1.165, 1.54) is 23.3 Å². The molecule has 1 saturated carbocycles. The molecule has 1 fully saturated rings. The van der Waals surface area contributed by atoms with Gasteiger partial charge in [-0.2, -0.15) is 0 Å². The summed E-state index contributed by atoms with van der Waals surface area (Å²) < 4.78 is 34.5. The number of nitrogens with zero attached hydrogens (tertiary/aromatic N) is 4. The molecule has 152 valence electrons. The van der Waals surface area contributed by atoms with Gasteiger partial charge in [0.1, 0.15) is 22.5 Å². The Kier molecular flexibility index (Phi) is 5.84. The van der Waals surface area contributed by atoms with Crippen molar-refractivity contribution in [3.8, 4) is 0 Å². The Labute approximate surface area is 171 Å². The molecule has 1 aromatic heterocycles. The maximum atomic E-state index is 14.6. The lowest BCUT2D eigenvalue weighted by Crippen LogP contribution is -2.58. The molecule has 0 bridgehead atoms. The molecule has 9 heteroatoms. The van der Waals surface area contributed by atoms with Crippen molar-refractivity contribution in [3.05, 3.63) is 28.9 Å². The van der Waals surface area contributed by atoms with E-state index in [4.69, 9.17) is 4.74 Å². The van der Waals surface area contributed by atoms with E-state index in [1.807, 2.05) is 0 Å². The Morgan fingerprint density at radius 3 is 2.57 bits per heavy atom. The summed E-state index contributed by atoms with van der Waals surface area (Å²) >= 11 is 3.21. The minimum absolute atomic E-state index is 0.0366. The maximum absolute atomic E-state index is 14.6. The van der Waals surface area contributed by atoms with Crippen LogP contribution in [0, 0.1) is 5.41 Å². The highest BCUT2D eigenvalue weighted by Crippen LogP contribution is 2.50. The number of allylic oxidation sites excluding steroid dienone is 1. The number of hydrogen-bond donors (Lipinski definition) is 0. The summed E-state index contributed by atoms with van der Waals surface area (Å²) in [6, 6.07) is 2.49. The first-order valence-electron chi connectivity index (χ1n) is 9.07. The number of aliphatic imine (C=N–C) groups is 1. The standard InChI is InChI=1S/C19H23BrF2N4O2/c1-18(2,3)28-17(27)26(15-7-6-14(20)24-25-15)11-19(9-12(21)10-19)16-13(22)5-4-8-23-16/h4-8,12-13,16H,9-11H2,1-3H3. The number of halogens is 3. The maximum Gasteiger partial charge on any atom is 0.416 e. The van der Waals surface area contributed by atoms with Crippen LogP contribution in [-0.2, 0) is 4.74 Å². The van der Waals surface area contributed by atoms with Crippen molar-refractivity contribution >= 4 is 34.1 Å². The van der Waals surface area contributed by atoms with Gasteiger partial charge in [-0.25, -0.2) is 13.6 Å². The molecule has 1 amide bonds. The van der Waals surface area contributed by atoms with Crippen molar-refractivity contribution in [2.45, 2.75) is 57.6 Å². The number of aromatic nitrogens is 2. The van der Waals surface area contributed by atoms with E-state index in [1.54, 1.807) is 32.9 Å². The molecule has 1 aliphatic carbocycles. The smallest absolute Gasteiger partial charge is 0.416 e. The third-order valence-corrected chi connectivity index (χ3v) is 5.22. The minimum Gasteiger partial charge on any atom is -0.443 e. The Hall–Kier alpha value is -1.90. The minimum atomic E-state index is -1.34. The van der Waals surface area contributed by atoms with Gasteiger partial charge in [0.25, 0.3) is 0 Å². The van der Waals surface area contributed by atoms with Crippen LogP contribution < -0.4 is 4.90 Å². The van der Waals surface area contributed by atoms with Crippen LogP contribution >= 0.6 is 15.9 Å². The van der Waals surface area contributed by atoms with Crippen LogP contribution in [0.4, 0.5) is 19.4 Å². The predicted molar refractivity (Wildman–Crippen MR) is 106 cm³/mol. The first-order chi connectivity index (χ1) is 13.1. The van der Waals surface area contributed by atoms with E-state index in [0.717, 1.165) is 0 Å². The van der Waals surface area contributed by atoms with Crippen LogP contribution in [0.25, 0.3) is 0 Å². The fourth-order valence-electron chi connectivity index (χ4n) is 3.59. The van der Waals surface area contributed by atoms with E-state index in [2.05, 4.69) is 31.1 Å². The number of amides is 1. The summed E-state index contributed by atoms with van der Waals surface area (Å²) in [6.07, 6.45) is 1.66. The fraction of sp³-hybridized carbons (Fsp3) is 0.579. The van der Waals surface area contributed by atoms with Gasteiger partial charge in [-0.05, 0) is 73.8 Å². The highest BCUT2D eigenvalue weighted by molar-refractivity contribution is 9.10. The molecule has 1 aliphatic heterocycles. The third-order valence-electron chi connectivity index (χ3n) is 4.79. The summed E-state index contributed by atoms with van der Waals surface area (Å²) in [5, 5.41) is 7.97. The Morgan fingerprint density at radius 2 is 2.04 bits per heavy atom. The molecule has 3 rings (SSSR count). The van der Waals surface area contributed by atoms with Gasteiger partial charge in [0.15, 0.2) is 5.82 Å². The van der Waals surface area contributed by atoms with Crippen molar-refractivity contribution in [2.75, 3.05) is 11.4 Å². The average molecular weight is 457 g/mol. The van der Waals surface area contributed by atoms with Gasteiger partial charge in [-0.1, -0.05) is 0 Å². The highest BCUT2D eigenvalue weighted by Gasteiger charge is 2.54. The van der Waals surface area contributed by atoms with Gasteiger partial charge >= 0.3 is 6.09 Å². The van der Waals surface area contributed by atoms with Gasteiger partial charge in [0.2, 0.25) is 0 Å². The van der Waals surface area contributed by atoms with Crippen LogP contribution in [0.15, 0.2) is 33.9 Å². The van der Waals surface area contributed by atoms with Crippen molar-refractivity contribution in [1.82, 2.24) is 10.2 Å². The van der Waals surface area contributed by atoms with Gasteiger partial charge < -0.3 is 4.74 Å². The zero-order chi connectivity index (χ0) is 20.5. The second-order valence-electron chi connectivity index (χ2n) is 8.22. The molecule has 0 saturated heterocycles. The van der Waals surface area contributed by atoms with E-state index in [-0.39, 0.29) is 25.2 Å². The molecule has 1 aromatic rings. The number of rotatable bonds is 4. The normalized spacial score (nSPS) is 29.3. The van der Waals surface area contributed by atoms with E-state index in [9.17, 15) is 13.6 Å². The number of carbonyl (C=O) groups excluding carboxylic acids is 1. The number of dihydropyridines is 1. The lowest BCUT2D eigenvalue weighted by atomic mass is 9.61. The second kappa shape index (κ2) is 7.85. The van der Waals surface area contributed by atoms with Crippen molar-refractivity contribution < 1.29 is 18.3 Å². The number of hydrogen-bond acceptors (Lipinski definition) is 5. The van der Waals surface area contributed by atoms with Crippen LogP contribution in [0.2, 0.25) is 0 Å². The van der Waals surface area contributed by atoms with Gasteiger partial charge in [-0.3, -0.25) is 9.89 Å². The second-order valence-corrected chi connectivity index (χ2v) is 9.03. The summed E-state index contributed by atoms with van der Waals surface area (Å²) in [7, 11) is 0. The van der Waals surface area contributed by atoms with Crippen molar-refractivity contribution in [3.63, 3.8) is 0 Å². The zero-order valence-corrected chi connectivity index (χ0v) is 17.6. The number of alkyl halides is 2. The third kappa shape index (κ3) is 4.56. The highest BCUT2D eigenvalue weighted by atomic mass is 79.9. The van der Waals surface area contributed by atoms with Gasteiger partial charge in [0.05, 0.1) is 6.04 Å². The van der Waals surface area contributed by atoms with Crippen LogP contribution in [0.5, 0.6) is 0 Å². The molecule has 2 aliphatic rings. The summed E-state index contributed by atoms with van der Waals surface area (Å²) in [5.41, 5.74) is -1.58. The lowest BCUT2D eigenvalue weighted by Gasteiger charge is -2.50. The molecule has 0 aromatic carbocycles. The molecule has 0 N–H and O–H groups in total. The van der Waals surface area contributed by atoms with E-state index >= 15 is 0 Å². The first-order valence-corrected chi connectivity index (χ1v) is 9.87. The fourth-order valence-corrected chi connectivity index (χ4v) is 3.80. The molecular weight excluding hydrogens is 434 g/mol. The largest absolute Gasteiger partial charge is 0.443 e. The number of carbonyl (C=O) groups is 1. The topological polar surface area (TPSA) is 67.7 Å². The molecule has 2 atom stereocenters. The SMILES string of the molecule is CC(C)(C)OC(=O)N(CC1(C2N=CC=CC2F)CC(F)C1)c1ccc(Br)nn1. The predicted octanol–water partition coefficient (Wildman–Crippen LogP) is 4.45. The quantitative estimate of drug-likeness (QED) is 0.671. The summed E-state index contributed by atoms with van der Waals surface area (Å²) in [5.74, 6) is 0.255. The van der Waals surface area contributed by atoms with Crippen LogP contribution in [0.1, 0.15) is 33.6 Å². The summed E-state index contributed by atoms with van der Waals surface area (Å²) in [4.78, 5) is 18.5. The van der Waals surface area contributed by atoms with E-state index in [0.29, 0.717) is 4.60 Å². The number of ether oxygens (including phenoxy) is 1. The van der Waals surface area contributed by atoms with E-state index < -0.39 is 35.5 Å². The monoisotopic (exact) mass is 456 g/mol. The molecular formula is C19H23BrF2N4O2. The summed E-state index contributed by atoms with van der Waals surface area (Å²) in [6.45, 7) is 5.29. The lowest BCUT2D eigenvalue weighted by molar-refractivity contribution is -0.00975. The van der Waals surface area contributed by atoms with Crippen molar-refractivity contribution in [1.29, 1.82) is 0 Å². The van der Waals surface area contributed by atoms with Crippen molar-refractivity contribution in [2.24, 2.45) is 10.4 Å². The molecule has 2 unspecified atom stereocenters. The Balaban J connectivity index is 1.92. The molecule has 6 nitrogen and oxygen atoms in total. The van der Waals surface area contributed by atoms with Crippen LogP contribution in [0.3, 0.4) is 0 Å². The Bertz CT molecular complexity index is 773. The molecule has 28 heavy (non-hydrogen) atoms. The first kappa shape index (κ1) is 20.8. The Morgan fingerprint density at radius 1 is 1.32 bits per heavy atom. The van der Waals surface area contributed by atoms with Crippen LogP contribution in [-0.4, -0.2) is 53.0 Å². The van der Waals surface area contributed by atoms with Gasteiger partial charge in [-0.15, -0.1) is 10.2 Å². The van der Waals surface area contributed by atoms with Gasteiger partial charge in [0, 0.05) is 18.2 Å². The molecule has 2 heterocycles. The zero-order valence-electron chi connectivity index (χ0n) is 16.0.